The minimum atomic E-state index is -0.341. The average Bonchev–Trinajstić information content (AvgIpc) is 3.44. The third kappa shape index (κ3) is 5.88. The Kier molecular flexibility index (Phi) is 8.27. The van der Waals surface area contributed by atoms with E-state index < -0.39 is 0 Å². The summed E-state index contributed by atoms with van der Waals surface area (Å²) < 4.78 is 18.5. The summed E-state index contributed by atoms with van der Waals surface area (Å²) in [5, 5.41) is 10.7. The van der Waals surface area contributed by atoms with Crippen molar-refractivity contribution >= 4 is 52.0 Å². The molecule has 0 atom stereocenters. The predicted molar refractivity (Wildman–Crippen MR) is 143 cm³/mol. The Bertz CT molecular complexity index is 1320. The molecule has 0 radical (unpaired) electrons. The number of rotatable bonds is 9. The molecule has 0 aliphatic carbocycles. The Morgan fingerprint density at radius 2 is 1.94 bits per heavy atom. The van der Waals surface area contributed by atoms with E-state index in [1.807, 2.05) is 6.07 Å². The van der Waals surface area contributed by atoms with Crippen molar-refractivity contribution in [2.45, 2.75) is 39.5 Å². The molecule has 7 nitrogen and oxygen atoms in total. The quantitative estimate of drug-likeness (QED) is 0.287. The maximum Gasteiger partial charge on any atom is 0.266 e. The third-order valence-corrected chi connectivity index (χ3v) is 7.17. The Morgan fingerprint density at radius 3 is 2.67 bits per heavy atom. The number of thiocarbonyl (C=S) groups is 1. The van der Waals surface area contributed by atoms with Gasteiger partial charge in [-0.05, 0) is 70.5 Å². The lowest BCUT2D eigenvalue weighted by Crippen LogP contribution is -2.29. The number of anilines is 1. The average molecular weight is 525 g/mol. The monoisotopic (exact) mass is 524 g/mol. The highest BCUT2D eigenvalue weighted by Gasteiger charge is 2.31. The molecular weight excluding hydrogens is 499 g/mol. The second-order valence-electron chi connectivity index (χ2n) is 8.20. The molecule has 36 heavy (non-hydrogen) atoms. The molecule has 2 amide bonds. The number of hydrogen-bond acceptors (Lipinski definition) is 7. The lowest BCUT2D eigenvalue weighted by Gasteiger charge is -2.14. The summed E-state index contributed by atoms with van der Waals surface area (Å²) in [6.45, 7) is 4.44. The summed E-state index contributed by atoms with van der Waals surface area (Å²) >= 11 is 6.55. The fraction of sp³-hybridized carbons (Fsp3) is 0.269. The van der Waals surface area contributed by atoms with Crippen LogP contribution in [0.1, 0.15) is 43.4 Å². The minimum absolute atomic E-state index is 0.163. The molecule has 0 bridgehead atoms. The van der Waals surface area contributed by atoms with Crippen LogP contribution in [0, 0.1) is 5.82 Å². The van der Waals surface area contributed by atoms with Gasteiger partial charge in [0.05, 0.1) is 4.91 Å². The lowest BCUT2D eigenvalue weighted by molar-refractivity contribution is -0.122. The molecular formula is C26H25FN4O3S2. The smallest absolute Gasteiger partial charge is 0.266 e. The van der Waals surface area contributed by atoms with Crippen molar-refractivity contribution in [3.05, 3.63) is 69.9 Å². The molecule has 3 aromatic rings. The van der Waals surface area contributed by atoms with Gasteiger partial charge >= 0.3 is 0 Å². The van der Waals surface area contributed by atoms with E-state index in [1.165, 1.54) is 28.8 Å². The molecule has 1 aromatic heterocycles. The molecule has 4 rings (SSSR count). The Hall–Kier alpha value is -3.37. The fourth-order valence-electron chi connectivity index (χ4n) is 3.82. The van der Waals surface area contributed by atoms with E-state index in [0.717, 1.165) is 29.5 Å². The van der Waals surface area contributed by atoms with Crippen LogP contribution in [0.5, 0.6) is 0 Å². The molecule has 0 saturated carbocycles. The number of aromatic nitrogens is 2. The normalized spacial score (nSPS) is 14.6. The number of halogens is 1. The second kappa shape index (κ2) is 11.6. The third-order valence-electron chi connectivity index (χ3n) is 5.79. The van der Waals surface area contributed by atoms with Crippen molar-refractivity contribution in [3.63, 3.8) is 0 Å². The van der Waals surface area contributed by atoms with Crippen LogP contribution in [-0.4, -0.2) is 37.9 Å². The molecule has 1 N–H and O–H groups in total. The van der Waals surface area contributed by atoms with Gasteiger partial charge in [-0.15, -0.1) is 0 Å². The maximum atomic E-state index is 13.1. The Balaban J connectivity index is 1.36. The highest BCUT2D eigenvalue weighted by atomic mass is 32.2. The van der Waals surface area contributed by atoms with Gasteiger partial charge in [-0.3, -0.25) is 14.5 Å². The number of aryl methyl sites for hydroxylation is 2. The van der Waals surface area contributed by atoms with Gasteiger partial charge < -0.3 is 5.32 Å². The SMILES string of the molecule is CCc1ccc(CC)c(-c2nonc2NC(=O)CCCN2C(=O)/C(=C/c3ccc(F)cc3)SC2=S)c1. The fourth-order valence-corrected chi connectivity index (χ4v) is 5.12. The zero-order valence-electron chi connectivity index (χ0n) is 19.9. The summed E-state index contributed by atoms with van der Waals surface area (Å²) in [6.07, 6.45) is 3.94. The van der Waals surface area contributed by atoms with E-state index in [9.17, 15) is 14.0 Å². The van der Waals surface area contributed by atoms with Crippen molar-refractivity contribution in [1.29, 1.82) is 0 Å². The topological polar surface area (TPSA) is 88.3 Å². The van der Waals surface area contributed by atoms with E-state index >= 15 is 0 Å². The van der Waals surface area contributed by atoms with Gasteiger partial charge in [0.2, 0.25) is 11.7 Å². The molecule has 10 heteroatoms. The van der Waals surface area contributed by atoms with Crippen LogP contribution in [0.15, 0.2) is 52.0 Å². The molecule has 1 aliphatic rings. The number of carbonyl (C=O) groups excluding carboxylic acids is 2. The highest BCUT2D eigenvalue weighted by Crippen LogP contribution is 2.33. The number of nitrogens with zero attached hydrogens (tertiary/aromatic N) is 3. The van der Waals surface area contributed by atoms with E-state index in [2.05, 4.69) is 41.6 Å². The molecule has 1 aliphatic heterocycles. The first-order valence-electron chi connectivity index (χ1n) is 11.6. The first-order chi connectivity index (χ1) is 17.4. The van der Waals surface area contributed by atoms with Crippen LogP contribution < -0.4 is 5.32 Å². The van der Waals surface area contributed by atoms with Crippen molar-refractivity contribution in [2.24, 2.45) is 0 Å². The van der Waals surface area contributed by atoms with Crippen molar-refractivity contribution in [3.8, 4) is 11.3 Å². The van der Waals surface area contributed by atoms with Crippen LogP contribution in [-0.2, 0) is 22.4 Å². The van der Waals surface area contributed by atoms with Crippen LogP contribution >= 0.6 is 24.0 Å². The second-order valence-corrected chi connectivity index (χ2v) is 9.87. The molecule has 0 unspecified atom stereocenters. The van der Waals surface area contributed by atoms with Gasteiger partial charge in [-0.2, -0.15) is 0 Å². The van der Waals surface area contributed by atoms with E-state index in [1.54, 1.807) is 18.2 Å². The molecule has 186 valence electrons. The van der Waals surface area contributed by atoms with Crippen molar-refractivity contribution in [2.75, 3.05) is 11.9 Å². The number of benzene rings is 2. The van der Waals surface area contributed by atoms with E-state index in [-0.39, 0.29) is 29.9 Å². The number of nitrogens with one attached hydrogen (secondary N) is 1. The zero-order valence-corrected chi connectivity index (χ0v) is 21.5. The summed E-state index contributed by atoms with van der Waals surface area (Å²) in [4.78, 5) is 27.4. The summed E-state index contributed by atoms with van der Waals surface area (Å²) in [5.41, 5.74) is 4.34. The predicted octanol–water partition coefficient (Wildman–Crippen LogP) is 5.62. The largest absolute Gasteiger partial charge is 0.306 e. The van der Waals surface area contributed by atoms with Gasteiger partial charge in [0.25, 0.3) is 5.91 Å². The zero-order chi connectivity index (χ0) is 25.7. The minimum Gasteiger partial charge on any atom is -0.306 e. The summed E-state index contributed by atoms with van der Waals surface area (Å²) in [6, 6.07) is 12.1. The highest BCUT2D eigenvalue weighted by molar-refractivity contribution is 8.26. The van der Waals surface area contributed by atoms with E-state index in [0.29, 0.717) is 33.4 Å². The van der Waals surface area contributed by atoms with Crippen LogP contribution in [0.25, 0.3) is 17.3 Å². The van der Waals surface area contributed by atoms with Gasteiger partial charge in [0.1, 0.15) is 10.1 Å². The van der Waals surface area contributed by atoms with Crippen LogP contribution in [0.3, 0.4) is 0 Å². The Labute approximate surface area is 218 Å². The van der Waals surface area contributed by atoms with Gasteiger partial charge in [0.15, 0.2) is 5.69 Å². The molecule has 1 saturated heterocycles. The lowest BCUT2D eigenvalue weighted by atomic mass is 9.98. The van der Waals surface area contributed by atoms with Crippen LogP contribution in [0.2, 0.25) is 0 Å². The first-order valence-corrected chi connectivity index (χ1v) is 12.9. The standard InChI is InChI=1S/C26H25FN4O3S2/c1-3-16-7-10-18(4-2)20(14-16)23-24(30-34-29-23)28-22(32)6-5-13-31-25(33)21(36-26(31)35)15-17-8-11-19(27)12-9-17/h7-12,14-15H,3-6,13H2,1-2H3,(H,28,30,32)/b21-15-. The summed E-state index contributed by atoms with van der Waals surface area (Å²) in [7, 11) is 0. The van der Waals surface area contributed by atoms with E-state index in [4.69, 9.17) is 16.8 Å². The number of carbonyl (C=O) groups is 2. The molecule has 2 heterocycles. The van der Waals surface area contributed by atoms with Gasteiger partial charge in [0, 0.05) is 18.5 Å². The maximum absolute atomic E-state index is 13.1. The van der Waals surface area contributed by atoms with Crippen LogP contribution in [0.4, 0.5) is 10.2 Å². The van der Waals surface area contributed by atoms with Crippen molar-refractivity contribution < 1.29 is 18.6 Å². The number of amides is 2. The molecule has 1 fully saturated rings. The first kappa shape index (κ1) is 25.7. The molecule has 2 aromatic carbocycles. The number of thioether (sulfide) groups is 1. The van der Waals surface area contributed by atoms with Gasteiger partial charge in [-0.1, -0.05) is 62.1 Å². The van der Waals surface area contributed by atoms with Gasteiger partial charge in [-0.25, -0.2) is 9.02 Å². The molecule has 0 spiro atoms. The Morgan fingerprint density at radius 1 is 1.17 bits per heavy atom. The summed E-state index contributed by atoms with van der Waals surface area (Å²) in [5.74, 6) is -0.549. The number of hydrogen-bond donors (Lipinski definition) is 1. The van der Waals surface area contributed by atoms with Crippen molar-refractivity contribution in [1.82, 2.24) is 15.2 Å².